The largest absolute Gasteiger partial charge is 0.337 e. The van der Waals surface area contributed by atoms with E-state index in [1.807, 2.05) is 9.80 Å². The lowest BCUT2D eigenvalue weighted by Gasteiger charge is -2.44. The molecule has 3 atom stereocenters. The van der Waals surface area contributed by atoms with Crippen LogP contribution in [0, 0.1) is 5.41 Å². The van der Waals surface area contributed by atoms with Crippen LogP contribution in [-0.2, 0) is 9.59 Å². The normalized spacial score (nSPS) is 30.8. The molecule has 29 heavy (non-hydrogen) atoms. The Labute approximate surface area is 194 Å². The first-order valence-corrected chi connectivity index (χ1v) is 10.0. The van der Waals surface area contributed by atoms with Crippen LogP contribution in [-0.4, -0.2) is 110 Å². The molecule has 7 nitrogen and oxygen atoms in total. The Morgan fingerprint density at radius 3 is 1.86 bits per heavy atom. The molecule has 3 aliphatic heterocycles. The molecule has 172 valence electrons. The van der Waals surface area contributed by atoms with Gasteiger partial charge in [0.1, 0.15) is 0 Å². The summed E-state index contributed by atoms with van der Waals surface area (Å²) in [6.45, 7) is 10.8. The van der Waals surface area contributed by atoms with E-state index >= 15 is 0 Å². The number of carbonyl (C=O) groups is 2. The van der Waals surface area contributed by atoms with E-state index in [1.165, 1.54) is 0 Å². The van der Waals surface area contributed by atoms with Crippen LogP contribution < -0.4 is 5.32 Å². The highest BCUT2D eigenvalue weighted by molar-refractivity contribution is 5.90. The molecule has 0 aromatic carbocycles. The Bertz CT molecular complexity index is 548. The van der Waals surface area contributed by atoms with Crippen molar-refractivity contribution in [1.82, 2.24) is 24.9 Å². The number of hydrogen-bond donors (Lipinski definition) is 1. The fourth-order valence-corrected chi connectivity index (χ4v) is 4.80. The molecule has 10 heteroatoms. The van der Waals surface area contributed by atoms with Crippen molar-refractivity contribution < 1.29 is 9.59 Å². The molecular formula is C19H38Cl3N5O2. The number of halogens is 3. The number of likely N-dealkylation sites (N-methyl/N-ethyl adjacent to an activating group) is 2. The van der Waals surface area contributed by atoms with Crippen LogP contribution >= 0.6 is 37.2 Å². The maximum absolute atomic E-state index is 13.5. The molecule has 2 amide bonds. The summed E-state index contributed by atoms with van der Waals surface area (Å²) in [5.41, 5.74) is -0.565. The first-order valence-electron chi connectivity index (χ1n) is 10.0. The maximum atomic E-state index is 13.5. The van der Waals surface area contributed by atoms with Gasteiger partial charge >= 0.3 is 0 Å². The smallest absolute Gasteiger partial charge is 0.230 e. The zero-order valence-electron chi connectivity index (χ0n) is 18.1. The third-order valence-electron chi connectivity index (χ3n) is 6.43. The minimum Gasteiger partial charge on any atom is -0.337 e. The molecule has 1 N–H and O–H groups in total. The van der Waals surface area contributed by atoms with E-state index in [2.05, 4.69) is 43.1 Å². The van der Waals surface area contributed by atoms with Crippen molar-refractivity contribution in [3.8, 4) is 0 Å². The van der Waals surface area contributed by atoms with Crippen molar-refractivity contribution in [2.45, 2.75) is 38.8 Å². The quantitative estimate of drug-likeness (QED) is 0.660. The lowest BCUT2D eigenvalue weighted by molar-refractivity contribution is -0.151. The highest BCUT2D eigenvalue weighted by atomic mass is 35.5. The molecule has 0 radical (unpaired) electrons. The van der Waals surface area contributed by atoms with Crippen LogP contribution in [0.4, 0.5) is 0 Å². The predicted molar refractivity (Wildman–Crippen MR) is 124 cm³/mol. The molecular weight excluding hydrogens is 437 g/mol. The summed E-state index contributed by atoms with van der Waals surface area (Å²) in [5.74, 6) is 0.322. The summed E-state index contributed by atoms with van der Waals surface area (Å²) in [5, 5.41) is 3.35. The SMILES string of the molecule is CC1CN(C)CCN1C(=O)CC1(C(=O)N2CCN(C)CC2C)CCNC1.Cl.Cl.Cl. The van der Waals surface area contributed by atoms with Gasteiger partial charge < -0.3 is 24.9 Å². The summed E-state index contributed by atoms with van der Waals surface area (Å²) in [4.78, 5) is 35.1. The van der Waals surface area contributed by atoms with Gasteiger partial charge in [0.15, 0.2) is 0 Å². The molecule has 0 saturated carbocycles. The standard InChI is InChI=1S/C19H35N5O2.3ClH/c1-15-12-21(3)7-9-23(15)17(25)11-19(5-6-20-14-19)18(26)24-10-8-22(4)13-16(24)2;;;/h15-16,20H,5-14H2,1-4H3;3*1H. The van der Waals surface area contributed by atoms with Gasteiger partial charge in [-0.3, -0.25) is 9.59 Å². The van der Waals surface area contributed by atoms with E-state index in [0.29, 0.717) is 13.0 Å². The summed E-state index contributed by atoms with van der Waals surface area (Å²) in [6, 6.07) is 0.418. The van der Waals surface area contributed by atoms with Gasteiger partial charge in [-0.05, 0) is 40.9 Å². The topological polar surface area (TPSA) is 59.1 Å². The fraction of sp³-hybridized carbons (Fsp3) is 0.895. The minimum atomic E-state index is -0.565. The van der Waals surface area contributed by atoms with Crippen molar-refractivity contribution in [2.24, 2.45) is 5.41 Å². The number of nitrogens with zero attached hydrogens (tertiary/aromatic N) is 4. The van der Waals surface area contributed by atoms with E-state index in [4.69, 9.17) is 0 Å². The van der Waals surface area contributed by atoms with Gasteiger partial charge in [-0.1, -0.05) is 0 Å². The molecule has 3 heterocycles. The fourth-order valence-electron chi connectivity index (χ4n) is 4.80. The second kappa shape index (κ2) is 11.9. The van der Waals surface area contributed by atoms with Crippen LogP contribution in [0.1, 0.15) is 26.7 Å². The van der Waals surface area contributed by atoms with Crippen molar-refractivity contribution >= 4 is 49.0 Å². The minimum absolute atomic E-state index is 0. The zero-order valence-corrected chi connectivity index (χ0v) is 20.5. The number of rotatable bonds is 3. The lowest BCUT2D eigenvalue weighted by atomic mass is 9.80. The third-order valence-corrected chi connectivity index (χ3v) is 6.43. The second-order valence-corrected chi connectivity index (χ2v) is 8.69. The molecule has 3 saturated heterocycles. The second-order valence-electron chi connectivity index (χ2n) is 8.69. The lowest BCUT2D eigenvalue weighted by Crippen LogP contribution is -2.59. The van der Waals surface area contributed by atoms with Gasteiger partial charge in [-0.25, -0.2) is 0 Å². The van der Waals surface area contributed by atoms with Crippen molar-refractivity contribution in [3.63, 3.8) is 0 Å². The van der Waals surface area contributed by atoms with Crippen molar-refractivity contribution in [2.75, 3.05) is 66.5 Å². The van der Waals surface area contributed by atoms with Gasteiger partial charge in [0.05, 0.1) is 5.41 Å². The average molecular weight is 475 g/mol. The molecule has 3 rings (SSSR count). The first kappa shape index (κ1) is 28.7. The summed E-state index contributed by atoms with van der Waals surface area (Å²) in [7, 11) is 4.20. The van der Waals surface area contributed by atoms with E-state index < -0.39 is 5.41 Å². The van der Waals surface area contributed by atoms with Gasteiger partial charge in [-0.15, -0.1) is 37.2 Å². The Morgan fingerprint density at radius 1 is 0.897 bits per heavy atom. The average Bonchev–Trinajstić information content (AvgIpc) is 3.03. The zero-order chi connectivity index (χ0) is 18.9. The Kier molecular flexibility index (Phi) is 11.8. The summed E-state index contributed by atoms with van der Waals surface area (Å²) < 4.78 is 0. The number of hydrogen-bond acceptors (Lipinski definition) is 5. The first-order chi connectivity index (χ1) is 12.3. The van der Waals surface area contributed by atoms with E-state index in [9.17, 15) is 9.59 Å². The molecule has 3 aliphatic rings. The van der Waals surface area contributed by atoms with Crippen LogP contribution in [0.25, 0.3) is 0 Å². The van der Waals surface area contributed by atoms with E-state index in [-0.39, 0.29) is 61.1 Å². The third kappa shape index (κ3) is 6.34. The Morgan fingerprint density at radius 2 is 1.41 bits per heavy atom. The van der Waals surface area contributed by atoms with Crippen LogP contribution in [0.3, 0.4) is 0 Å². The predicted octanol–water partition coefficient (Wildman–Crippen LogP) is 0.947. The molecule has 0 bridgehead atoms. The van der Waals surface area contributed by atoms with Crippen LogP contribution in [0.15, 0.2) is 0 Å². The molecule has 0 aromatic heterocycles. The Balaban J connectivity index is 0.00000261. The summed E-state index contributed by atoms with van der Waals surface area (Å²) >= 11 is 0. The Hall–Kier alpha value is -0.310. The van der Waals surface area contributed by atoms with Gasteiger partial charge in [0.25, 0.3) is 0 Å². The molecule has 3 fully saturated rings. The molecule has 0 spiro atoms. The molecule has 0 aliphatic carbocycles. The van der Waals surface area contributed by atoms with Gasteiger partial charge in [-0.2, -0.15) is 0 Å². The number of carbonyl (C=O) groups excluding carboxylic acids is 2. The van der Waals surface area contributed by atoms with E-state index in [1.54, 1.807) is 0 Å². The van der Waals surface area contributed by atoms with Crippen molar-refractivity contribution in [1.29, 1.82) is 0 Å². The molecule has 0 aromatic rings. The van der Waals surface area contributed by atoms with Crippen LogP contribution in [0.5, 0.6) is 0 Å². The number of piperazine rings is 2. The monoisotopic (exact) mass is 473 g/mol. The number of nitrogens with one attached hydrogen (secondary N) is 1. The highest BCUT2D eigenvalue weighted by Gasteiger charge is 2.47. The van der Waals surface area contributed by atoms with Crippen LogP contribution in [0.2, 0.25) is 0 Å². The molecule has 3 unspecified atom stereocenters. The number of amides is 2. The van der Waals surface area contributed by atoms with Crippen molar-refractivity contribution in [3.05, 3.63) is 0 Å². The van der Waals surface area contributed by atoms with Gasteiger partial charge in [0, 0.05) is 64.3 Å². The van der Waals surface area contributed by atoms with E-state index in [0.717, 1.165) is 52.2 Å². The van der Waals surface area contributed by atoms with Gasteiger partial charge in [0.2, 0.25) is 11.8 Å². The summed E-state index contributed by atoms with van der Waals surface area (Å²) in [6.07, 6.45) is 1.10. The highest BCUT2D eigenvalue weighted by Crippen LogP contribution is 2.34. The maximum Gasteiger partial charge on any atom is 0.230 e.